The van der Waals surface area contributed by atoms with Crippen LogP contribution in [0.5, 0.6) is 5.75 Å². The minimum atomic E-state index is -0.563. The van der Waals surface area contributed by atoms with Crippen molar-refractivity contribution in [1.82, 2.24) is 14.5 Å². The molecule has 2 heterocycles. The standard InChI is InChI=1S/C23H20N4O4/c1-30-18-7-5-6-15(10-18)14-27-20-9-4-3-8-19(20)25-23(27)26-21(28)16-11-17(13-24-12-16)22(29)31-2/h3-13H,14H2,1-2H3,(H,25,26,28). The molecule has 0 saturated heterocycles. The Morgan fingerprint density at radius 2 is 1.81 bits per heavy atom. The molecule has 8 nitrogen and oxygen atoms in total. The molecule has 1 N–H and O–H groups in total. The lowest BCUT2D eigenvalue weighted by Crippen LogP contribution is -2.17. The van der Waals surface area contributed by atoms with Crippen molar-refractivity contribution in [3.05, 3.63) is 83.7 Å². The van der Waals surface area contributed by atoms with E-state index in [1.54, 1.807) is 7.11 Å². The second kappa shape index (κ2) is 8.66. The summed E-state index contributed by atoms with van der Waals surface area (Å²) in [6.07, 6.45) is 2.73. The highest BCUT2D eigenvalue weighted by Crippen LogP contribution is 2.23. The Bertz CT molecular complexity index is 1270. The van der Waals surface area contributed by atoms with Gasteiger partial charge in [-0.2, -0.15) is 0 Å². The van der Waals surface area contributed by atoms with Gasteiger partial charge in [0.25, 0.3) is 5.91 Å². The third kappa shape index (κ3) is 4.23. The molecule has 0 aliphatic heterocycles. The molecular weight excluding hydrogens is 396 g/mol. The lowest BCUT2D eigenvalue weighted by molar-refractivity contribution is 0.0600. The van der Waals surface area contributed by atoms with Crippen LogP contribution in [0.4, 0.5) is 5.95 Å². The molecule has 4 aromatic rings. The fraction of sp³-hybridized carbons (Fsp3) is 0.130. The van der Waals surface area contributed by atoms with Crippen molar-refractivity contribution in [2.24, 2.45) is 0 Å². The second-order valence-corrected chi connectivity index (χ2v) is 6.77. The first-order valence-electron chi connectivity index (χ1n) is 9.52. The summed E-state index contributed by atoms with van der Waals surface area (Å²) in [5.41, 5.74) is 3.04. The predicted octanol–water partition coefficient (Wildman–Crippen LogP) is 3.53. The molecule has 0 fully saturated rings. The molecule has 0 aliphatic rings. The van der Waals surface area contributed by atoms with Crippen molar-refractivity contribution in [2.75, 3.05) is 19.5 Å². The van der Waals surface area contributed by atoms with Crippen LogP contribution in [0.1, 0.15) is 26.3 Å². The van der Waals surface area contributed by atoms with Crippen LogP contribution in [0.25, 0.3) is 11.0 Å². The van der Waals surface area contributed by atoms with E-state index in [-0.39, 0.29) is 11.1 Å². The molecular formula is C23H20N4O4. The molecule has 2 aromatic heterocycles. The van der Waals surface area contributed by atoms with Crippen molar-refractivity contribution in [2.45, 2.75) is 6.54 Å². The van der Waals surface area contributed by atoms with Crippen molar-refractivity contribution in [3.63, 3.8) is 0 Å². The number of benzene rings is 2. The number of carbonyl (C=O) groups excluding carboxylic acids is 2. The number of para-hydroxylation sites is 2. The number of carbonyl (C=O) groups is 2. The number of ether oxygens (including phenoxy) is 2. The first-order chi connectivity index (χ1) is 15.1. The number of amides is 1. The SMILES string of the molecule is COC(=O)c1cncc(C(=O)Nc2nc3ccccc3n2Cc2cccc(OC)c2)c1. The number of fused-ring (bicyclic) bond motifs is 1. The number of imidazole rings is 1. The summed E-state index contributed by atoms with van der Waals surface area (Å²) in [5, 5.41) is 2.84. The summed E-state index contributed by atoms with van der Waals surface area (Å²) < 4.78 is 11.9. The van der Waals surface area contributed by atoms with E-state index >= 15 is 0 Å². The normalized spacial score (nSPS) is 10.6. The Morgan fingerprint density at radius 3 is 2.61 bits per heavy atom. The van der Waals surface area contributed by atoms with E-state index in [1.165, 1.54) is 25.6 Å². The van der Waals surface area contributed by atoms with Crippen LogP contribution >= 0.6 is 0 Å². The molecule has 2 aromatic carbocycles. The van der Waals surface area contributed by atoms with E-state index < -0.39 is 11.9 Å². The van der Waals surface area contributed by atoms with Crippen molar-refractivity contribution in [1.29, 1.82) is 0 Å². The van der Waals surface area contributed by atoms with E-state index in [4.69, 9.17) is 9.47 Å². The highest BCUT2D eigenvalue weighted by atomic mass is 16.5. The van der Waals surface area contributed by atoms with E-state index in [0.717, 1.165) is 22.3 Å². The summed E-state index contributed by atoms with van der Waals surface area (Å²) in [6, 6.07) is 16.8. The fourth-order valence-electron chi connectivity index (χ4n) is 3.25. The molecule has 0 spiro atoms. The Hall–Kier alpha value is -4.20. The van der Waals surface area contributed by atoms with Crippen LogP contribution in [0.3, 0.4) is 0 Å². The van der Waals surface area contributed by atoms with Crippen LogP contribution < -0.4 is 10.1 Å². The Kier molecular flexibility index (Phi) is 5.61. The summed E-state index contributed by atoms with van der Waals surface area (Å²) >= 11 is 0. The van der Waals surface area contributed by atoms with Crippen LogP contribution in [-0.2, 0) is 11.3 Å². The van der Waals surface area contributed by atoms with E-state index in [9.17, 15) is 9.59 Å². The number of anilines is 1. The second-order valence-electron chi connectivity index (χ2n) is 6.77. The maximum atomic E-state index is 12.9. The quantitative estimate of drug-likeness (QED) is 0.483. The van der Waals surface area contributed by atoms with E-state index in [2.05, 4.69) is 15.3 Å². The number of hydrogen-bond donors (Lipinski definition) is 1. The van der Waals surface area contributed by atoms with Gasteiger partial charge >= 0.3 is 5.97 Å². The van der Waals surface area contributed by atoms with Gasteiger partial charge in [-0.1, -0.05) is 24.3 Å². The zero-order valence-electron chi connectivity index (χ0n) is 17.0. The lowest BCUT2D eigenvalue weighted by atomic mass is 10.2. The average Bonchev–Trinajstić information content (AvgIpc) is 3.15. The first-order valence-corrected chi connectivity index (χ1v) is 9.52. The minimum absolute atomic E-state index is 0.194. The zero-order chi connectivity index (χ0) is 21.8. The molecule has 0 aliphatic carbocycles. The third-order valence-electron chi connectivity index (χ3n) is 4.78. The van der Waals surface area contributed by atoms with Gasteiger partial charge in [-0.3, -0.25) is 15.1 Å². The van der Waals surface area contributed by atoms with E-state index in [0.29, 0.717) is 12.5 Å². The summed E-state index contributed by atoms with van der Waals surface area (Å²) in [5.74, 6) is 0.142. The van der Waals surface area contributed by atoms with Crippen LogP contribution in [0, 0.1) is 0 Å². The van der Waals surface area contributed by atoms with Gasteiger partial charge < -0.3 is 14.0 Å². The fourth-order valence-corrected chi connectivity index (χ4v) is 3.25. The van der Waals surface area contributed by atoms with Gasteiger partial charge in [-0.25, -0.2) is 9.78 Å². The van der Waals surface area contributed by atoms with Crippen LogP contribution in [-0.4, -0.2) is 40.6 Å². The molecule has 0 atom stereocenters. The van der Waals surface area contributed by atoms with Crippen LogP contribution in [0.15, 0.2) is 67.0 Å². The molecule has 1 amide bonds. The van der Waals surface area contributed by atoms with Gasteiger partial charge in [0.15, 0.2) is 0 Å². The minimum Gasteiger partial charge on any atom is -0.497 e. The number of hydrogen-bond acceptors (Lipinski definition) is 6. The topological polar surface area (TPSA) is 95.3 Å². The number of esters is 1. The largest absolute Gasteiger partial charge is 0.497 e. The lowest BCUT2D eigenvalue weighted by Gasteiger charge is -2.11. The molecule has 0 bridgehead atoms. The Morgan fingerprint density at radius 1 is 1.00 bits per heavy atom. The summed E-state index contributed by atoms with van der Waals surface area (Å²) in [6.45, 7) is 0.480. The molecule has 0 radical (unpaired) electrons. The number of rotatable bonds is 6. The smallest absolute Gasteiger partial charge is 0.339 e. The van der Waals surface area contributed by atoms with Crippen molar-refractivity contribution >= 4 is 28.9 Å². The Labute approximate surface area is 178 Å². The predicted molar refractivity (Wildman–Crippen MR) is 115 cm³/mol. The highest BCUT2D eigenvalue weighted by molar-refractivity contribution is 6.05. The maximum absolute atomic E-state index is 12.9. The maximum Gasteiger partial charge on any atom is 0.339 e. The number of nitrogens with one attached hydrogen (secondary N) is 1. The van der Waals surface area contributed by atoms with Gasteiger partial charge in [0.05, 0.1) is 42.9 Å². The number of aromatic nitrogens is 3. The Balaban J connectivity index is 1.68. The summed E-state index contributed by atoms with van der Waals surface area (Å²) in [4.78, 5) is 33.2. The van der Waals surface area contributed by atoms with Gasteiger partial charge in [-0.05, 0) is 35.9 Å². The molecule has 4 rings (SSSR count). The third-order valence-corrected chi connectivity index (χ3v) is 4.78. The van der Waals surface area contributed by atoms with Gasteiger partial charge in [0.1, 0.15) is 5.75 Å². The molecule has 0 unspecified atom stereocenters. The highest BCUT2D eigenvalue weighted by Gasteiger charge is 2.17. The molecule has 156 valence electrons. The van der Waals surface area contributed by atoms with Crippen molar-refractivity contribution < 1.29 is 19.1 Å². The number of nitrogens with zero attached hydrogens (tertiary/aromatic N) is 3. The zero-order valence-corrected chi connectivity index (χ0v) is 17.0. The number of methoxy groups -OCH3 is 2. The summed E-state index contributed by atoms with van der Waals surface area (Å²) in [7, 11) is 2.89. The van der Waals surface area contributed by atoms with Crippen molar-refractivity contribution in [3.8, 4) is 5.75 Å². The van der Waals surface area contributed by atoms with Gasteiger partial charge in [0.2, 0.25) is 5.95 Å². The molecule has 31 heavy (non-hydrogen) atoms. The molecule has 0 saturated carbocycles. The van der Waals surface area contributed by atoms with Crippen LogP contribution in [0.2, 0.25) is 0 Å². The average molecular weight is 416 g/mol. The van der Waals surface area contributed by atoms with E-state index in [1.807, 2.05) is 53.1 Å². The van der Waals surface area contributed by atoms with Gasteiger partial charge in [-0.15, -0.1) is 0 Å². The van der Waals surface area contributed by atoms with Gasteiger partial charge in [0, 0.05) is 12.4 Å². The monoisotopic (exact) mass is 416 g/mol. The first kappa shape index (κ1) is 20.1. The molecule has 8 heteroatoms. The number of pyridine rings is 1.